The van der Waals surface area contributed by atoms with E-state index in [1.807, 2.05) is 6.92 Å². The van der Waals surface area contributed by atoms with Crippen LogP contribution in [0.1, 0.15) is 61.4 Å². The molecule has 1 fully saturated rings. The first kappa shape index (κ1) is 26.7. The van der Waals surface area contributed by atoms with E-state index in [0.717, 1.165) is 37.7 Å². The largest absolute Gasteiger partial charge is 0.497 e. The molecule has 0 radical (unpaired) electrons. The zero-order valence-electron chi connectivity index (χ0n) is 21.2. The third-order valence-corrected chi connectivity index (χ3v) is 8.83. The van der Waals surface area contributed by atoms with E-state index >= 15 is 0 Å². The van der Waals surface area contributed by atoms with Crippen LogP contribution in [0.5, 0.6) is 5.75 Å². The lowest BCUT2D eigenvalue weighted by molar-refractivity contribution is -0.141. The highest BCUT2D eigenvalue weighted by atomic mass is 32.2. The second kappa shape index (κ2) is 11.3. The molecule has 0 spiro atoms. The average Bonchev–Trinajstić information content (AvgIpc) is 3.10. The van der Waals surface area contributed by atoms with Crippen LogP contribution in [0, 0.1) is 0 Å². The number of fused-ring (bicyclic) bond motifs is 1. The number of benzene rings is 2. The number of carbonyl (C=O) groups excluding carboxylic acids is 3. The molecule has 0 unspecified atom stereocenters. The van der Waals surface area contributed by atoms with E-state index in [9.17, 15) is 22.8 Å². The van der Waals surface area contributed by atoms with Crippen molar-refractivity contribution in [2.75, 3.05) is 13.7 Å². The number of rotatable bonds is 9. The summed E-state index contributed by atoms with van der Waals surface area (Å²) >= 11 is 0. The normalized spacial score (nSPS) is 17.7. The molecule has 1 aliphatic carbocycles. The summed E-state index contributed by atoms with van der Waals surface area (Å²) < 4.78 is 31.9. The number of ether oxygens (including phenoxy) is 1. The fourth-order valence-corrected chi connectivity index (χ4v) is 6.51. The van der Waals surface area contributed by atoms with Crippen LogP contribution in [0.2, 0.25) is 0 Å². The number of hydrogen-bond acceptors (Lipinski definition) is 6. The van der Waals surface area contributed by atoms with Gasteiger partial charge in [-0.25, -0.2) is 12.7 Å². The van der Waals surface area contributed by atoms with Gasteiger partial charge in [-0.1, -0.05) is 50.5 Å². The minimum absolute atomic E-state index is 0.0408. The van der Waals surface area contributed by atoms with E-state index < -0.39 is 34.4 Å². The summed E-state index contributed by atoms with van der Waals surface area (Å²) in [6, 6.07) is 12.2. The van der Waals surface area contributed by atoms with E-state index in [1.54, 1.807) is 37.4 Å². The predicted octanol–water partition coefficient (Wildman–Crippen LogP) is 3.10. The van der Waals surface area contributed by atoms with Crippen molar-refractivity contribution in [3.05, 3.63) is 59.7 Å². The Balaban J connectivity index is 1.60. The van der Waals surface area contributed by atoms with Gasteiger partial charge in [0.2, 0.25) is 11.8 Å². The lowest BCUT2D eigenvalue weighted by Crippen LogP contribution is -2.53. The molecule has 37 heavy (non-hydrogen) atoms. The molecule has 1 heterocycles. The lowest BCUT2D eigenvalue weighted by atomic mass is 9.95. The van der Waals surface area contributed by atoms with Gasteiger partial charge < -0.3 is 15.0 Å². The Morgan fingerprint density at radius 2 is 1.76 bits per heavy atom. The molecule has 198 valence electrons. The van der Waals surface area contributed by atoms with Crippen molar-refractivity contribution in [3.8, 4) is 5.75 Å². The molecule has 0 aromatic heterocycles. The summed E-state index contributed by atoms with van der Waals surface area (Å²) in [5.41, 5.74) is 0.788. The monoisotopic (exact) mass is 527 g/mol. The molecule has 2 aromatic carbocycles. The molecule has 1 saturated carbocycles. The van der Waals surface area contributed by atoms with Crippen LogP contribution in [0.25, 0.3) is 0 Å². The van der Waals surface area contributed by atoms with E-state index in [4.69, 9.17) is 4.74 Å². The summed E-state index contributed by atoms with van der Waals surface area (Å²) in [7, 11) is -2.61. The number of hydrogen-bond donors (Lipinski definition) is 1. The maximum Gasteiger partial charge on any atom is 0.269 e. The fourth-order valence-electron chi connectivity index (χ4n) is 4.99. The van der Waals surface area contributed by atoms with Crippen LogP contribution in [-0.2, 0) is 26.2 Å². The zero-order valence-corrected chi connectivity index (χ0v) is 22.0. The quantitative estimate of drug-likeness (QED) is 0.536. The van der Waals surface area contributed by atoms with Gasteiger partial charge in [0.15, 0.2) is 0 Å². The summed E-state index contributed by atoms with van der Waals surface area (Å²) in [5, 5.41) is 3.09. The maximum absolute atomic E-state index is 13.7. The van der Waals surface area contributed by atoms with Gasteiger partial charge in [0.05, 0.1) is 12.7 Å². The van der Waals surface area contributed by atoms with E-state index in [2.05, 4.69) is 5.32 Å². The number of methoxy groups -OCH3 is 1. The van der Waals surface area contributed by atoms with E-state index in [-0.39, 0.29) is 29.0 Å². The van der Waals surface area contributed by atoms with Gasteiger partial charge in [0.25, 0.3) is 15.9 Å². The predicted molar refractivity (Wildman–Crippen MR) is 137 cm³/mol. The molecule has 3 amide bonds. The van der Waals surface area contributed by atoms with Gasteiger partial charge in [-0.05, 0) is 49.1 Å². The first-order valence-electron chi connectivity index (χ1n) is 12.6. The van der Waals surface area contributed by atoms with Crippen molar-refractivity contribution in [2.45, 2.75) is 69.0 Å². The minimum atomic E-state index is -4.16. The van der Waals surface area contributed by atoms with Crippen molar-refractivity contribution < 1.29 is 27.5 Å². The van der Waals surface area contributed by atoms with Gasteiger partial charge in [-0.15, -0.1) is 0 Å². The Morgan fingerprint density at radius 1 is 1.08 bits per heavy atom. The first-order chi connectivity index (χ1) is 17.8. The first-order valence-corrected chi connectivity index (χ1v) is 14.1. The molecular weight excluding hydrogens is 494 g/mol. The Bertz CT molecular complexity index is 1260. The molecule has 2 aromatic rings. The second-order valence-corrected chi connectivity index (χ2v) is 11.3. The van der Waals surface area contributed by atoms with Crippen molar-refractivity contribution in [3.63, 3.8) is 0 Å². The smallest absolute Gasteiger partial charge is 0.269 e. The van der Waals surface area contributed by atoms with Gasteiger partial charge in [-0.2, -0.15) is 0 Å². The number of nitrogens with one attached hydrogen (secondary N) is 1. The highest BCUT2D eigenvalue weighted by molar-refractivity contribution is 7.90. The van der Waals surface area contributed by atoms with Crippen LogP contribution in [0.3, 0.4) is 0 Å². The summed E-state index contributed by atoms with van der Waals surface area (Å²) in [6.45, 7) is 1.21. The van der Waals surface area contributed by atoms with Crippen LogP contribution in [0.4, 0.5) is 0 Å². The Labute approximate surface area is 217 Å². The third-order valence-electron chi connectivity index (χ3n) is 7.04. The molecule has 1 N–H and O–H groups in total. The number of nitrogens with zero attached hydrogens (tertiary/aromatic N) is 2. The molecule has 10 heteroatoms. The summed E-state index contributed by atoms with van der Waals surface area (Å²) in [4.78, 5) is 41.2. The fraction of sp³-hybridized carbons (Fsp3) is 0.444. The SMILES string of the molecule is CC[C@H](C(=O)NC1CCCCC1)N(Cc1ccc(OC)cc1)C(=O)CN1C(=O)c2ccccc2S1(=O)=O. The van der Waals surface area contributed by atoms with Crippen molar-refractivity contribution in [2.24, 2.45) is 0 Å². The standard InChI is InChI=1S/C27H33N3O6S/c1-3-23(26(32)28-20-9-5-4-6-10-20)29(17-19-13-15-21(36-2)16-14-19)25(31)18-30-27(33)22-11-7-8-12-24(22)37(30,34)35/h7-8,11-16,20,23H,3-6,9-10,17-18H2,1-2H3,(H,28,32)/t23-/m1/s1. The average molecular weight is 528 g/mol. The molecule has 1 atom stereocenters. The zero-order chi connectivity index (χ0) is 26.6. The van der Waals surface area contributed by atoms with E-state index in [1.165, 1.54) is 23.1 Å². The van der Waals surface area contributed by atoms with Crippen molar-refractivity contribution >= 4 is 27.7 Å². The Morgan fingerprint density at radius 3 is 2.38 bits per heavy atom. The third kappa shape index (κ3) is 5.64. The summed E-state index contributed by atoms with van der Waals surface area (Å²) in [5.74, 6) is -0.982. The van der Waals surface area contributed by atoms with Crippen molar-refractivity contribution in [1.82, 2.24) is 14.5 Å². The molecular formula is C27H33N3O6S. The van der Waals surface area contributed by atoms with Crippen LogP contribution in [0.15, 0.2) is 53.4 Å². The minimum Gasteiger partial charge on any atom is -0.497 e. The van der Waals surface area contributed by atoms with Crippen LogP contribution >= 0.6 is 0 Å². The number of carbonyl (C=O) groups is 3. The van der Waals surface area contributed by atoms with Crippen LogP contribution in [-0.4, -0.2) is 61.1 Å². The van der Waals surface area contributed by atoms with E-state index in [0.29, 0.717) is 16.5 Å². The number of sulfonamides is 1. The molecule has 0 saturated heterocycles. The molecule has 9 nitrogen and oxygen atoms in total. The maximum atomic E-state index is 13.7. The highest BCUT2D eigenvalue weighted by Gasteiger charge is 2.43. The van der Waals surface area contributed by atoms with Crippen LogP contribution < -0.4 is 10.1 Å². The lowest BCUT2D eigenvalue weighted by Gasteiger charge is -2.33. The van der Waals surface area contributed by atoms with Gasteiger partial charge >= 0.3 is 0 Å². The topological polar surface area (TPSA) is 113 Å². The Kier molecular flexibility index (Phi) is 8.16. The second-order valence-electron chi connectivity index (χ2n) is 9.45. The van der Waals surface area contributed by atoms with Gasteiger partial charge in [0, 0.05) is 12.6 Å². The van der Waals surface area contributed by atoms with Gasteiger partial charge in [-0.3, -0.25) is 14.4 Å². The number of amides is 3. The Hall–Kier alpha value is -3.40. The highest BCUT2D eigenvalue weighted by Crippen LogP contribution is 2.30. The van der Waals surface area contributed by atoms with Crippen molar-refractivity contribution in [1.29, 1.82) is 0 Å². The summed E-state index contributed by atoms with van der Waals surface area (Å²) in [6.07, 6.45) is 5.37. The molecule has 2 aliphatic rings. The molecule has 1 aliphatic heterocycles. The van der Waals surface area contributed by atoms with Gasteiger partial charge in [0.1, 0.15) is 23.2 Å². The molecule has 0 bridgehead atoms. The molecule has 4 rings (SSSR count).